The number of H-pyrrole nitrogens is 1. The van der Waals surface area contributed by atoms with Crippen LogP contribution in [0.3, 0.4) is 0 Å². The number of carbonyl (C=O) groups excluding carboxylic acids is 1. The second-order valence-corrected chi connectivity index (χ2v) is 7.67. The largest absolute Gasteiger partial charge is 0.326 e. The van der Waals surface area contributed by atoms with Gasteiger partial charge in [0.05, 0.1) is 17.5 Å². The Balaban J connectivity index is 1.91. The summed E-state index contributed by atoms with van der Waals surface area (Å²) < 4.78 is 27.8. The number of nitrogens with one attached hydrogen (secondary N) is 2. The molecule has 0 spiro atoms. The molecule has 2 N–H and O–H groups in total. The van der Waals surface area contributed by atoms with Gasteiger partial charge in [-0.15, -0.1) is 0 Å². The van der Waals surface area contributed by atoms with Crippen molar-refractivity contribution < 1.29 is 13.2 Å². The van der Waals surface area contributed by atoms with Gasteiger partial charge in [-0.2, -0.15) is 17.9 Å². The first-order chi connectivity index (χ1) is 12.9. The Hall–Kier alpha value is -2.97. The van der Waals surface area contributed by atoms with Crippen LogP contribution in [0.15, 0.2) is 64.2 Å². The summed E-state index contributed by atoms with van der Waals surface area (Å²) in [7, 11) is -3.98. The molecule has 0 fully saturated rings. The van der Waals surface area contributed by atoms with E-state index in [0.717, 1.165) is 0 Å². The molecule has 7 nitrogen and oxygen atoms in total. The van der Waals surface area contributed by atoms with Crippen molar-refractivity contribution in [3.05, 3.63) is 65.4 Å². The lowest BCUT2D eigenvalue weighted by Gasteiger charge is -2.11. The number of carbonyl (C=O) groups is 1. The molecule has 0 aliphatic carbocycles. The van der Waals surface area contributed by atoms with Gasteiger partial charge in [0.25, 0.3) is 10.0 Å². The number of rotatable bonds is 6. The zero-order valence-corrected chi connectivity index (χ0v) is 15.6. The van der Waals surface area contributed by atoms with Gasteiger partial charge in [-0.1, -0.05) is 35.9 Å². The minimum Gasteiger partial charge on any atom is -0.326 e. The zero-order valence-electron chi connectivity index (χ0n) is 14.0. The molecule has 9 heteroatoms. The third kappa shape index (κ3) is 4.24. The lowest BCUT2D eigenvalue weighted by atomic mass is 10.1. The quantitative estimate of drug-likeness (QED) is 0.617. The highest BCUT2D eigenvalue weighted by Gasteiger charge is 2.20. The van der Waals surface area contributed by atoms with E-state index < -0.39 is 10.0 Å². The molecule has 0 unspecified atom stereocenters. The Morgan fingerprint density at radius 2 is 2.04 bits per heavy atom. The van der Waals surface area contributed by atoms with E-state index in [4.69, 9.17) is 11.6 Å². The molecule has 0 aliphatic heterocycles. The van der Waals surface area contributed by atoms with Crippen LogP contribution in [-0.2, 0) is 21.2 Å². The van der Waals surface area contributed by atoms with E-state index in [2.05, 4.69) is 26.6 Å². The number of benzene rings is 2. The van der Waals surface area contributed by atoms with Gasteiger partial charge in [-0.25, -0.2) is 0 Å². The van der Waals surface area contributed by atoms with E-state index in [-0.39, 0.29) is 17.2 Å². The fourth-order valence-electron chi connectivity index (χ4n) is 2.54. The molecule has 1 heterocycles. The Bertz CT molecular complexity index is 1100. The van der Waals surface area contributed by atoms with Gasteiger partial charge < -0.3 is 5.32 Å². The van der Waals surface area contributed by atoms with Crippen molar-refractivity contribution in [2.24, 2.45) is 4.40 Å². The van der Waals surface area contributed by atoms with Crippen LogP contribution in [0.1, 0.15) is 5.56 Å². The summed E-state index contributed by atoms with van der Waals surface area (Å²) in [5.41, 5.74) is 1.97. The van der Waals surface area contributed by atoms with Crippen LogP contribution in [0.2, 0.25) is 5.02 Å². The smallest absolute Gasteiger partial charge is 0.282 e. The molecule has 27 heavy (non-hydrogen) atoms. The van der Waals surface area contributed by atoms with Crippen molar-refractivity contribution in [3.63, 3.8) is 0 Å². The van der Waals surface area contributed by atoms with Crippen LogP contribution in [0.5, 0.6) is 0 Å². The Labute approximate surface area is 161 Å². The van der Waals surface area contributed by atoms with Gasteiger partial charge in [0, 0.05) is 34.8 Å². The van der Waals surface area contributed by atoms with E-state index in [1.165, 1.54) is 12.3 Å². The topological polar surface area (TPSA) is 104 Å². The van der Waals surface area contributed by atoms with Gasteiger partial charge in [0.1, 0.15) is 0 Å². The second-order valence-electron chi connectivity index (χ2n) is 5.62. The monoisotopic (exact) mass is 402 g/mol. The summed E-state index contributed by atoms with van der Waals surface area (Å²) in [5.74, 6) is -0.325. The molecule has 0 saturated carbocycles. The minimum atomic E-state index is -3.98. The van der Waals surface area contributed by atoms with Crippen molar-refractivity contribution >= 4 is 39.9 Å². The lowest BCUT2D eigenvalue weighted by Crippen LogP contribution is -2.15. The molecule has 1 aromatic heterocycles. The molecular formula is C18H15ClN4O3S. The lowest BCUT2D eigenvalue weighted by molar-refractivity contribution is -0.115. The summed E-state index contributed by atoms with van der Waals surface area (Å²) in [6.07, 6.45) is 3.12. The third-order valence-corrected chi connectivity index (χ3v) is 5.43. The van der Waals surface area contributed by atoms with Gasteiger partial charge in [0.2, 0.25) is 5.91 Å². The molecule has 138 valence electrons. The first-order valence-corrected chi connectivity index (χ1v) is 9.62. The highest BCUT2D eigenvalue weighted by molar-refractivity contribution is 7.90. The van der Waals surface area contributed by atoms with Crippen molar-refractivity contribution in [1.82, 2.24) is 10.2 Å². The molecule has 3 aromatic rings. The molecular weight excluding hydrogens is 388 g/mol. The van der Waals surface area contributed by atoms with Gasteiger partial charge in [-0.05, 0) is 23.8 Å². The van der Waals surface area contributed by atoms with Gasteiger partial charge in [0.15, 0.2) is 0 Å². The summed E-state index contributed by atoms with van der Waals surface area (Å²) in [4.78, 5) is 12.2. The van der Waals surface area contributed by atoms with Crippen LogP contribution in [0.4, 0.5) is 5.69 Å². The Morgan fingerprint density at radius 1 is 1.26 bits per heavy atom. The van der Waals surface area contributed by atoms with E-state index >= 15 is 0 Å². The van der Waals surface area contributed by atoms with Crippen LogP contribution in [0.25, 0.3) is 11.1 Å². The van der Waals surface area contributed by atoms with Crippen molar-refractivity contribution in [1.29, 1.82) is 0 Å². The molecule has 0 saturated heterocycles. The molecule has 3 rings (SSSR count). The Kier molecular flexibility index (Phi) is 5.38. The number of hydrogen-bond donors (Lipinski definition) is 2. The number of anilines is 1. The highest BCUT2D eigenvalue weighted by atomic mass is 35.5. The van der Waals surface area contributed by atoms with E-state index in [1.54, 1.807) is 42.6 Å². The zero-order chi connectivity index (χ0) is 19.4. The fraction of sp³-hybridized carbons (Fsp3) is 0.0556. The number of aromatic nitrogens is 2. The molecule has 2 aromatic carbocycles. The molecule has 1 amide bonds. The molecule has 0 aliphatic rings. The summed E-state index contributed by atoms with van der Waals surface area (Å²) in [6.45, 7) is 3.12. The second kappa shape index (κ2) is 7.73. The van der Waals surface area contributed by atoms with Crippen LogP contribution < -0.4 is 5.32 Å². The normalized spacial score (nSPS) is 11.1. The third-order valence-electron chi connectivity index (χ3n) is 3.83. The first-order valence-electron chi connectivity index (χ1n) is 7.80. The number of hydrogen-bond acceptors (Lipinski definition) is 4. The SMILES string of the molecule is C=NS(=O)(=O)c1cc(NC(=O)Cc2ccccc2Cl)ccc1-c1cn[nH]c1. The number of nitrogens with zero attached hydrogens (tertiary/aromatic N) is 2. The minimum absolute atomic E-state index is 0.0605. The number of amides is 1. The number of sulfonamides is 1. The predicted octanol–water partition coefficient (Wildman–Crippen LogP) is 3.30. The van der Waals surface area contributed by atoms with Crippen molar-refractivity contribution in [3.8, 4) is 11.1 Å². The summed E-state index contributed by atoms with van der Waals surface area (Å²) in [6, 6.07) is 11.5. The van der Waals surface area contributed by atoms with E-state index in [1.807, 2.05) is 0 Å². The average molecular weight is 403 g/mol. The van der Waals surface area contributed by atoms with Crippen LogP contribution >= 0.6 is 11.6 Å². The average Bonchev–Trinajstić information content (AvgIpc) is 3.18. The maximum Gasteiger partial charge on any atom is 0.282 e. The molecule has 0 bridgehead atoms. The van der Waals surface area contributed by atoms with Crippen LogP contribution in [0, 0.1) is 0 Å². The fourth-order valence-corrected chi connectivity index (χ4v) is 3.62. The molecule has 0 atom stereocenters. The standard InChI is InChI=1S/C18H15ClN4O3S/c1-20-27(25,26)17-9-14(6-7-15(17)13-10-21-22-11-13)23-18(24)8-12-4-2-3-5-16(12)19/h2-7,9-11H,1,8H2,(H,21,22)(H,23,24). The maximum absolute atomic E-state index is 12.3. The maximum atomic E-state index is 12.3. The summed E-state index contributed by atoms with van der Waals surface area (Å²) >= 11 is 6.07. The Morgan fingerprint density at radius 3 is 2.70 bits per heavy atom. The van der Waals surface area contributed by atoms with Crippen LogP contribution in [-0.4, -0.2) is 31.2 Å². The molecule has 0 radical (unpaired) electrons. The van der Waals surface area contributed by atoms with Gasteiger partial charge >= 0.3 is 0 Å². The first kappa shape index (κ1) is 18.8. The number of halogens is 1. The predicted molar refractivity (Wildman–Crippen MR) is 105 cm³/mol. The van der Waals surface area contributed by atoms with Gasteiger partial charge in [-0.3, -0.25) is 9.89 Å². The van der Waals surface area contributed by atoms with E-state index in [0.29, 0.717) is 27.4 Å². The van der Waals surface area contributed by atoms with Crippen molar-refractivity contribution in [2.45, 2.75) is 11.3 Å². The van der Waals surface area contributed by atoms with Crippen molar-refractivity contribution in [2.75, 3.05) is 5.32 Å². The highest BCUT2D eigenvalue weighted by Crippen LogP contribution is 2.30. The number of aromatic amines is 1. The summed E-state index contributed by atoms with van der Waals surface area (Å²) in [5, 5.41) is 9.62. The van der Waals surface area contributed by atoms with E-state index in [9.17, 15) is 13.2 Å².